The number of rotatable bonds is 2. The van der Waals surface area contributed by atoms with Gasteiger partial charge in [-0.1, -0.05) is 13.8 Å². The molecule has 2 rings (SSSR count). The Kier molecular flexibility index (Phi) is 2.41. The molecule has 0 saturated heterocycles. The maximum atomic E-state index is 5.91. The fraction of sp³-hybridized carbons (Fsp3) is 0.500. The Bertz CT molecular complexity index is 507. The molecule has 2 aromatic heterocycles. The molecule has 16 heavy (non-hydrogen) atoms. The Morgan fingerprint density at radius 2 is 1.94 bits per heavy atom. The van der Waals surface area contributed by atoms with Crippen LogP contribution in [0, 0.1) is 0 Å². The number of aromatic nitrogens is 5. The van der Waals surface area contributed by atoms with Gasteiger partial charge in [0, 0.05) is 20.0 Å². The number of hydrogen-bond donors (Lipinski definition) is 1. The van der Waals surface area contributed by atoms with Gasteiger partial charge in [0.1, 0.15) is 5.82 Å². The zero-order valence-corrected chi connectivity index (χ0v) is 9.97. The molecule has 0 spiro atoms. The van der Waals surface area contributed by atoms with E-state index in [1.807, 2.05) is 7.05 Å². The van der Waals surface area contributed by atoms with Crippen LogP contribution in [0.3, 0.4) is 0 Å². The van der Waals surface area contributed by atoms with Crippen molar-refractivity contribution in [1.82, 2.24) is 24.5 Å². The molecule has 0 fully saturated rings. The quantitative estimate of drug-likeness (QED) is 0.816. The Morgan fingerprint density at radius 3 is 2.38 bits per heavy atom. The lowest BCUT2D eigenvalue weighted by molar-refractivity contribution is 0.712. The van der Waals surface area contributed by atoms with E-state index < -0.39 is 0 Å². The Hall–Kier alpha value is -1.85. The van der Waals surface area contributed by atoms with Gasteiger partial charge in [0.15, 0.2) is 11.6 Å². The van der Waals surface area contributed by atoms with Crippen molar-refractivity contribution in [3.63, 3.8) is 0 Å². The van der Waals surface area contributed by atoms with Gasteiger partial charge in [0.2, 0.25) is 0 Å². The molecule has 0 aromatic carbocycles. The average molecular weight is 220 g/mol. The first kappa shape index (κ1) is 10.7. The molecule has 0 bridgehead atoms. The molecule has 0 saturated carbocycles. The molecule has 6 nitrogen and oxygen atoms in total. The molecular formula is C10H16N6. The maximum Gasteiger partial charge on any atom is 0.163 e. The molecule has 2 aromatic rings. The summed E-state index contributed by atoms with van der Waals surface area (Å²) in [4.78, 5) is 4.47. The van der Waals surface area contributed by atoms with Gasteiger partial charge in [-0.3, -0.25) is 4.68 Å². The third-order valence-corrected chi connectivity index (χ3v) is 2.52. The van der Waals surface area contributed by atoms with Crippen LogP contribution in [0.1, 0.15) is 25.6 Å². The summed E-state index contributed by atoms with van der Waals surface area (Å²) < 4.78 is 3.36. The summed E-state index contributed by atoms with van der Waals surface area (Å²) in [5, 5.41) is 8.45. The van der Waals surface area contributed by atoms with Crippen LogP contribution in [0.5, 0.6) is 0 Å². The van der Waals surface area contributed by atoms with Crippen molar-refractivity contribution >= 4 is 5.82 Å². The Balaban J connectivity index is 2.52. The lowest BCUT2D eigenvalue weighted by atomic mass is 10.2. The zero-order valence-electron chi connectivity index (χ0n) is 9.97. The van der Waals surface area contributed by atoms with Crippen LogP contribution in [0.25, 0.3) is 11.4 Å². The van der Waals surface area contributed by atoms with Crippen molar-refractivity contribution in [3.8, 4) is 11.4 Å². The number of nitrogens with two attached hydrogens (primary N) is 1. The third kappa shape index (κ3) is 1.56. The SMILES string of the molecule is CC(C)c1nc(-c2cnn(C)c2N)n(C)n1. The van der Waals surface area contributed by atoms with Gasteiger partial charge in [-0.05, 0) is 0 Å². The van der Waals surface area contributed by atoms with Gasteiger partial charge < -0.3 is 5.73 Å². The number of aryl methyl sites for hydroxylation is 2. The second kappa shape index (κ2) is 3.62. The van der Waals surface area contributed by atoms with Gasteiger partial charge in [0.05, 0.1) is 11.8 Å². The van der Waals surface area contributed by atoms with E-state index in [9.17, 15) is 0 Å². The molecule has 6 heteroatoms. The van der Waals surface area contributed by atoms with Crippen molar-refractivity contribution in [1.29, 1.82) is 0 Å². The first-order valence-electron chi connectivity index (χ1n) is 5.19. The summed E-state index contributed by atoms with van der Waals surface area (Å²) in [5.41, 5.74) is 6.73. The van der Waals surface area contributed by atoms with Crippen molar-refractivity contribution in [2.24, 2.45) is 14.1 Å². The molecule has 0 amide bonds. The lowest BCUT2D eigenvalue weighted by Crippen LogP contribution is -2.00. The summed E-state index contributed by atoms with van der Waals surface area (Å²) in [5.74, 6) is 2.48. The van der Waals surface area contributed by atoms with Crippen LogP contribution in [0.2, 0.25) is 0 Å². The third-order valence-electron chi connectivity index (χ3n) is 2.52. The largest absolute Gasteiger partial charge is 0.383 e. The van der Waals surface area contributed by atoms with E-state index in [2.05, 4.69) is 29.0 Å². The first-order valence-corrected chi connectivity index (χ1v) is 5.19. The number of nitrogen functional groups attached to an aromatic ring is 1. The van der Waals surface area contributed by atoms with Gasteiger partial charge in [0.25, 0.3) is 0 Å². The van der Waals surface area contributed by atoms with E-state index in [-0.39, 0.29) is 0 Å². The van der Waals surface area contributed by atoms with Crippen molar-refractivity contribution < 1.29 is 0 Å². The molecule has 2 N–H and O–H groups in total. The molecule has 86 valence electrons. The van der Waals surface area contributed by atoms with E-state index in [0.717, 1.165) is 17.2 Å². The highest BCUT2D eigenvalue weighted by Crippen LogP contribution is 2.24. The molecule has 0 aliphatic carbocycles. The minimum atomic E-state index is 0.304. The smallest absolute Gasteiger partial charge is 0.163 e. The highest BCUT2D eigenvalue weighted by Gasteiger charge is 2.16. The van der Waals surface area contributed by atoms with Gasteiger partial charge in [-0.25, -0.2) is 9.67 Å². The molecule has 0 aliphatic rings. The summed E-state index contributed by atoms with van der Waals surface area (Å²) >= 11 is 0. The number of anilines is 1. The van der Waals surface area contributed by atoms with E-state index >= 15 is 0 Å². The predicted molar refractivity (Wildman–Crippen MR) is 61.7 cm³/mol. The fourth-order valence-electron chi connectivity index (χ4n) is 1.50. The molecule has 0 atom stereocenters. The summed E-state index contributed by atoms with van der Waals surface area (Å²) in [7, 11) is 3.67. The minimum absolute atomic E-state index is 0.304. The summed E-state index contributed by atoms with van der Waals surface area (Å²) in [6.45, 7) is 4.12. The highest BCUT2D eigenvalue weighted by molar-refractivity contribution is 5.67. The van der Waals surface area contributed by atoms with Crippen LogP contribution in [-0.4, -0.2) is 24.5 Å². The second-order valence-corrected chi connectivity index (χ2v) is 4.14. The topological polar surface area (TPSA) is 74.6 Å². The van der Waals surface area contributed by atoms with Crippen LogP contribution >= 0.6 is 0 Å². The van der Waals surface area contributed by atoms with Gasteiger partial charge in [-0.2, -0.15) is 10.2 Å². The zero-order chi connectivity index (χ0) is 11.9. The minimum Gasteiger partial charge on any atom is -0.383 e. The lowest BCUT2D eigenvalue weighted by Gasteiger charge is -1.98. The molecule has 0 aliphatic heterocycles. The van der Waals surface area contributed by atoms with E-state index in [0.29, 0.717) is 11.7 Å². The maximum absolute atomic E-state index is 5.91. The number of nitrogens with zero attached hydrogens (tertiary/aromatic N) is 5. The van der Waals surface area contributed by atoms with Crippen LogP contribution in [0.4, 0.5) is 5.82 Å². The van der Waals surface area contributed by atoms with Crippen molar-refractivity contribution in [3.05, 3.63) is 12.0 Å². The molecule has 2 heterocycles. The fourth-order valence-corrected chi connectivity index (χ4v) is 1.50. The van der Waals surface area contributed by atoms with E-state index in [1.54, 1.807) is 22.6 Å². The van der Waals surface area contributed by atoms with Gasteiger partial charge in [-0.15, -0.1) is 0 Å². The van der Waals surface area contributed by atoms with Crippen LogP contribution in [0.15, 0.2) is 6.20 Å². The monoisotopic (exact) mass is 220 g/mol. The Morgan fingerprint density at radius 1 is 1.25 bits per heavy atom. The molecular weight excluding hydrogens is 204 g/mol. The van der Waals surface area contributed by atoms with Crippen molar-refractivity contribution in [2.45, 2.75) is 19.8 Å². The first-order chi connectivity index (χ1) is 7.50. The Labute approximate surface area is 94.1 Å². The number of hydrogen-bond acceptors (Lipinski definition) is 4. The summed E-state index contributed by atoms with van der Waals surface area (Å²) in [6, 6.07) is 0. The second-order valence-electron chi connectivity index (χ2n) is 4.14. The van der Waals surface area contributed by atoms with E-state index in [1.165, 1.54) is 0 Å². The van der Waals surface area contributed by atoms with E-state index in [4.69, 9.17) is 5.73 Å². The normalized spacial score (nSPS) is 11.3. The molecule has 0 unspecified atom stereocenters. The predicted octanol–water partition coefficient (Wildman–Crippen LogP) is 0.921. The molecule has 0 radical (unpaired) electrons. The summed E-state index contributed by atoms with van der Waals surface area (Å²) in [6.07, 6.45) is 1.71. The highest BCUT2D eigenvalue weighted by atomic mass is 15.3. The van der Waals surface area contributed by atoms with Gasteiger partial charge >= 0.3 is 0 Å². The standard InChI is InChI=1S/C10H16N6/c1-6(2)9-13-10(16(4)14-9)7-5-12-15(3)8(7)11/h5-6H,11H2,1-4H3. The van der Waals surface area contributed by atoms with Crippen molar-refractivity contribution in [2.75, 3.05) is 5.73 Å². The average Bonchev–Trinajstić information content (AvgIpc) is 2.73. The van der Waals surface area contributed by atoms with Crippen LogP contribution in [-0.2, 0) is 14.1 Å². The van der Waals surface area contributed by atoms with Crippen LogP contribution < -0.4 is 5.73 Å².